The van der Waals surface area contributed by atoms with Crippen LogP contribution in [0.25, 0.3) is 5.69 Å². The summed E-state index contributed by atoms with van der Waals surface area (Å²) in [6.07, 6.45) is 2.89. The molecule has 0 unspecified atom stereocenters. The molecule has 0 fully saturated rings. The zero-order valence-electron chi connectivity index (χ0n) is 22.1. The van der Waals surface area contributed by atoms with Gasteiger partial charge in [-0.3, -0.25) is 4.79 Å². The Bertz CT molecular complexity index is 1280. The topological polar surface area (TPSA) is 122 Å². The SMILES string of the molecule is CCNc1ncc2c(n1)N(C)CCN(c1cccc(-n3cc(CN(C)C(=O)OC(C)(C)C)nn3)c1)C2=O. The third-order valence-corrected chi connectivity index (χ3v) is 5.65. The molecule has 2 amide bonds. The number of likely N-dealkylation sites (N-methyl/N-ethyl adjacent to an activating group) is 1. The summed E-state index contributed by atoms with van der Waals surface area (Å²) in [5, 5.41) is 11.5. The van der Waals surface area contributed by atoms with Gasteiger partial charge in [0, 0.05) is 45.6 Å². The van der Waals surface area contributed by atoms with E-state index in [9.17, 15) is 9.59 Å². The van der Waals surface area contributed by atoms with Gasteiger partial charge in [0.05, 0.1) is 18.4 Å². The van der Waals surface area contributed by atoms with Gasteiger partial charge in [-0.25, -0.2) is 14.5 Å². The van der Waals surface area contributed by atoms with Crippen molar-refractivity contribution in [3.63, 3.8) is 0 Å². The number of carbonyl (C=O) groups is 2. The van der Waals surface area contributed by atoms with Crippen molar-refractivity contribution in [2.75, 3.05) is 48.8 Å². The maximum atomic E-state index is 13.5. The largest absolute Gasteiger partial charge is 0.444 e. The average molecular weight is 508 g/mol. The zero-order chi connectivity index (χ0) is 26.7. The minimum absolute atomic E-state index is 0.169. The van der Waals surface area contributed by atoms with Crippen molar-refractivity contribution < 1.29 is 14.3 Å². The van der Waals surface area contributed by atoms with Gasteiger partial charge < -0.3 is 24.8 Å². The van der Waals surface area contributed by atoms with Gasteiger partial charge in [0.25, 0.3) is 5.91 Å². The molecule has 0 bridgehead atoms. The molecule has 0 radical (unpaired) electrons. The molecule has 0 aliphatic carbocycles. The lowest BCUT2D eigenvalue weighted by Crippen LogP contribution is -2.33. The smallest absolute Gasteiger partial charge is 0.410 e. The fraction of sp³-hybridized carbons (Fsp3) is 0.440. The second-order valence-corrected chi connectivity index (χ2v) is 9.85. The number of benzene rings is 1. The average Bonchev–Trinajstić information content (AvgIpc) is 3.27. The van der Waals surface area contributed by atoms with Crippen LogP contribution < -0.4 is 15.1 Å². The van der Waals surface area contributed by atoms with E-state index in [1.807, 2.05) is 63.9 Å². The first-order chi connectivity index (χ1) is 17.6. The van der Waals surface area contributed by atoms with E-state index in [-0.39, 0.29) is 12.5 Å². The van der Waals surface area contributed by atoms with E-state index in [1.54, 1.807) is 29.0 Å². The lowest BCUT2D eigenvalue weighted by Gasteiger charge is -2.24. The molecule has 3 heterocycles. The van der Waals surface area contributed by atoms with E-state index in [0.29, 0.717) is 42.7 Å². The number of fused-ring (bicyclic) bond motifs is 1. The normalized spacial score (nSPS) is 13.7. The Morgan fingerprint density at radius 2 is 1.97 bits per heavy atom. The minimum Gasteiger partial charge on any atom is -0.444 e. The van der Waals surface area contributed by atoms with Crippen LogP contribution in [0.5, 0.6) is 0 Å². The van der Waals surface area contributed by atoms with Gasteiger partial charge in [0.1, 0.15) is 22.7 Å². The van der Waals surface area contributed by atoms with Crippen molar-refractivity contribution in [2.45, 2.75) is 39.8 Å². The molecule has 4 rings (SSSR count). The molecule has 0 atom stereocenters. The highest BCUT2D eigenvalue weighted by Crippen LogP contribution is 2.27. The maximum Gasteiger partial charge on any atom is 0.410 e. The molecule has 2 aromatic heterocycles. The van der Waals surface area contributed by atoms with E-state index in [0.717, 1.165) is 11.4 Å². The van der Waals surface area contributed by atoms with E-state index < -0.39 is 11.7 Å². The van der Waals surface area contributed by atoms with Crippen molar-refractivity contribution in [3.05, 3.63) is 47.9 Å². The van der Waals surface area contributed by atoms with Crippen LogP contribution in [0, 0.1) is 0 Å². The Kier molecular flexibility index (Phi) is 7.28. The van der Waals surface area contributed by atoms with Crippen molar-refractivity contribution in [1.29, 1.82) is 0 Å². The summed E-state index contributed by atoms with van der Waals surface area (Å²) >= 11 is 0. The fourth-order valence-corrected chi connectivity index (χ4v) is 3.86. The molecule has 0 spiro atoms. The monoisotopic (exact) mass is 507 g/mol. The van der Waals surface area contributed by atoms with Crippen molar-refractivity contribution in [1.82, 2.24) is 29.9 Å². The van der Waals surface area contributed by atoms with Crippen molar-refractivity contribution in [3.8, 4) is 5.69 Å². The standard InChI is InChI=1S/C25H33N9O3/c1-7-26-23-27-14-20-21(28-23)31(5)11-12-33(22(20)35)18-9-8-10-19(13-18)34-16-17(29-30-34)15-32(6)24(36)37-25(2,3)4/h8-10,13-14,16H,7,11-12,15H2,1-6H3,(H,26,27,28). The number of nitrogens with zero attached hydrogens (tertiary/aromatic N) is 8. The van der Waals surface area contributed by atoms with Crippen LogP contribution in [-0.2, 0) is 11.3 Å². The minimum atomic E-state index is -0.579. The number of hydrogen-bond donors (Lipinski definition) is 1. The molecule has 3 aromatic rings. The first-order valence-electron chi connectivity index (χ1n) is 12.2. The molecule has 37 heavy (non-hydrogen) atoms. The third-order valence-electron chi connectivity index (χ3n) is 5.65. The number of hydrogen-bond acceptors (Lipinski definition) is 9. The predicted octanol–water partition coefficient (Wildman–Crippen LogP) is 2.95. The van der Waals surface area contributed by atoms with Crippen LogP contribution in [0.4, 0.5) is 22.2 Å². The van der Waals surface area contributed by atoms with Crippen molar-refractivity contribution >= 4 is 29.5 Å². The number of aromatic nitrogens is 5. The number of nitrogens with one attached hydrogen (secondary N) is 1. The summed E-state index contributed by atoms with van der Waals surface area (Å²) in [5.74, 6) is 0.929. The third kappa shape index (κ3) is 5.96. The van der Waals surface area contributed by atoms with E-state index in [4.69, 9.17) is 4.74 Å². The highest BCUT2D eigenvalue weighted by Gasteiger charge is 2.28. The first-order valence-corrected chi connectivity index (χ1v) is 12.2. The van der Waals surface area contributed by atoms with Crippen LogP contribution in [0.3, 0.4) is 0 Å². The van der Waals surface area contributed by atoms with Crippen LogP contribution >= 0.6 is 0 Å². The second-order valence-electron chi connectivity index (χ2n) is 9.85. The molecule has 1 N–H and O–H groups in total. The van der Waals surface area contributed by atoms with Gasteiger partial charge in [-0.05, 0) is 45.9 Å². The summed E-state index contributed by atoms with van der Waals surface area (Å²) in [6.45, 7) is 9.46. The van der Waals surface area contributed by atoms with Crippen molar-refractivity contribution in [2.24, 2.45) is 0 Å². The summed E-state index contributed by atoms with van der Waals surface area (Å²) < 4.78 is 7.02. The van der Waals surface area contributed by atoms with Crippen LogP contribution in [0.2, 0.25) is 0 Å². The maximum absolute atomic E-state index is 13.5. The summed E-state index contributed by atoms with van der Waals surface area (Å²) in [4.78, 5) is 39.8. The van der Waals surface area contributed by atoms with Crippen LogP contribution in [0.1, 0.15) is 43.7 Å². The number of ether oxygens (including phenoxy) is 1. The molecule has 1 aromatic carbocycles. The molecule has 196 valence electrons. The number of rotatable bonds is 6. The molecular weight excluding hydrogens is 474 g/mol. The molecule has 1 aliphatic rings. The molecule has 12 nitrogen and oxygen atoms in total. The lowest BCUT2D eigenvalue weighted by atomic mass is 10.2. The van der Waals surface area contributed by atoms with Crippen LogP contribution in [-0.4, -0.2) is 81.2 Å². The number of anilines is 3. The Morgan fingerprint density at radius 1 is 1.22 bits per heavy atom. The van der Waals surface area contributed by atoms with E-state index in [2.05, 4.69) is 25.6 Å². The first kappa shape index (κ1) is 25.9. The quantitative estimate of drug-likeness (QED) is 0.537. The zero-order valence-corrected chi connectivity index (χ0v) is 22.1. The molecule has 0 saturated heterocycles. The summed E-state index contributed by atoms with van der Waals surface area (Å²) in [7, 11) is 3.57. The van der Waals surface area contributed by atoms with Gasteiger partial charge in [-0.15, -0.1) is 5.10 Å². The number of carbonyl (C=O) groups excluding carboxylic acids is 2. The van der Waals surface area contributed by atoms with Gasteiger partial charge >= 0.3 is 6.09 Å². The van der Waals surface area contributed by atoms with Gasteiger partial charge in [-0.2, -0.15) is 4.98 Å². The summed E-state index contributed by atoms with van der Waals surface area (Å²) in [6, 6.07) is 7.52. The van der Waals surface area contributed by atoms with E-state index in [1.165, 1.54) is 4.90 Å². The number of amides is 2. The Balaban J connectivity index is 1.54. The molecule has 1 aliphatic heterocycles. The van der Waals surface area contributed by atoms with Crippen LogP contribution in [0.15, 0.2) is 36.7 Å². The lowest BCUT2D eigenvalue weighted by molar-refractivity contribution is 0.0283. The molecule has 12 heteroatoms. The Hall–Kier alpha value is -4.22. The molecule has 0 saturated carbocycles. The Morgan fingerprint density at radius 3 is 2.70 bits per heavy atom. The molecular formula is C25H33N9O3. The van der Waals surface area contributed by atoms with Gasteiger partial charge in [0.2, 0.25) is 5.95 Å². The van der Waals surface area contributed by atoms with Gasteiger partial charge in [0.15, 0.2) is 0 Å². The van der Waals surface area contributed by atoms with Gasteiger partial charge in [-0.1, -0.05) is 11.3 Å². The summed E-state index contributed by atoms with van der Waals surface area (Å²) in [5.41, 5.74) is 1.93. The fourth-order valence-electron chi connectivity index (χ4n) is 3.86. The van der Waals surface area contributed by atoms with E-state index >= 15 is 0 Å². The predicted molar refractivity (Wildman–Crippen MR) is 140 cm³/mol. The highest BCUT2D eigenvalue weighted by molar-refractivity contribution is 6.09. The Labute approximate surface area is 216 Å². The second kappa shape index (κ2) is 10.4. The highest BCUT2D eigenvalue weighted by atomic mass is 16.6.